The van der Waals surface area contributed by atoms with Crippen molar-refractivity contribution in [2.45, 2.75) is 37.6 Å². The van der Waals surface area contributed by atoms with Crippen LogP contribution in [0.4, 0.5) is 0 Å². The highest BCUT2D eigenvalue weighted by molar-refractivity contribution is 6.59. The van der Waals surface area contributed by atoms with Gasteiger partial charge in [0, 0.05) is 6.61 Å². The Balaban J connectivity index is 2.97. The lowest BCUT2D eigenvalue weighted by molar-refractivity contribution is -0.149. The first-order valence-corrected chi connectivity index (χ1v) is 8.42. The third kappa shape index (κ3) is 2.31. The zero-order valence-electron chi connectivity index (χ0n) is 9.53. The van der Waals surface area contributed by atoms with Crippen LogP contribution in [0.5, 0.6) is 0 Å². The summed E-state index contributed by atoms with van der Waals surface area (Å²) in [6, 6.07) is 0. The second-order valence-corrected chi connectivity index (χ2v) is 7.75. The third-order valence-corrected chi connectivity index (χ3v) is 6.11. The predicted octanol–water partition coefficient (Wildman–Crippen LogP) is 1.84. The zero-order chi connectivity index (χ0) is 11.5. The summed E-state index contributed by atoms with van der Waals surface area (Å²) in [6.07, 6.45) is 4.54. The Labute approximate surface area is 92.7 Å². The monoisotopic (exact) mass is 228 g/mol. The minimum atomic E-state index is -1.19. The van der Waals surface area contributed by atoms with E-state index in [9.17, 15) is 9.90 Å². The number of rotatable bonds is 4. The normalized spacial score (nSPS) is 28.7. The maximum absolute atomic E-state index is 11.2. The second-order valence-electron chi connectivity index (χ2n) is 4.47. The number of carbonyl (C=O) groups is 1. The van der Waals surface area contributed by atoms with Gasteiger partial charge in [0.15, 0.2) is 0 Å². The van der Waals surface area contributed by atoms with Crippen molar-refractivity contribution in [1.29, 1.82) is 0 Å². The summed E-state index contributed by atoms with van der Waals surface area (Å²) >= 11 is 0. The quantitative estimate of drug-likeness (QED) is 0.590. The van der Waals surface area contributed by atoms with E-state index in [1.807, 2.05) is 0 Å². The van der Waals surface area contributed by atoms with Crippen LogP contribution in [0.25, 0.3) is 0 Å². The van der Waals surface area contributed by atoms with Gasteiger partial charge in [0.2, 0.25) is 0 Å². The topological polar surface area (TPSA) is 46.5 Å². The molecule has 1 saturated heterocycles. The largest absolute Gasteiger partial charge is 0.481 e. The van der Waals surface area contributed by atoms with Gasteiger partial charge < -0.3 is 9.84 Å². The van der Waals surface area contributed by atoms with Gasteiger partial charge in [-0.1, -0.05) is 19.2 Å². The standard InChI is InChI=1S/C11H20O3Si/c1-4-9(10(12)13)11(15(2)3)7-5-6-8-14-11/h4,9,15H,1,5-8H2,2-3H3,(H,12,13). The highest BCUT2D eigenvalue weighted by Gasteiger charge is 2.46. The minimum Gasteiger partial charge on any atom is -0.481 e. The average Bonchev–Trinajstić information content (AvgIpc) is 2.19. The summed E-state index contributed by atoms with van der Waals surface area (Å²) in [5.74, 6) is -1.34. The van der Waals surface area contributed by atoms with Crippen LogP contribution in [0.2, 0.25) is 13.1 Å². The summed E-state index contributed by atoms with van der Waals surface area (Å²) < 4.78 is 5.85. The molecule has 1 heterocycles. The molecule has 1 aliphatic heterocycles. The molecular formula is C11H20O3Si. The molecular weight excluding hydrogens is 208 g/mol. The molecule has 0 amide bonds. The highest BCUT2D eigenvalue weighted by Crippen LogP contribution is 2.35. The lowest BCUT2D eigenvalue weighted by atomic mass is 9.94. The summed E-state index contributed by atoms with van der Waals surface area (Å²) in [6.45, 7) is 8.66. The number of aliphatic carboxylic acids is 1. The molecule has 0 spiro atoms. The summed E-state index contributed by atoms with van der Waals surface area (Å²) in [4.78, 5) is 11.2. The van der Waals surface area contributed by atoms with E-state index in [2.05, 4.69) is 19.7 Å². The maximum atomic E-state index is 11.2. The molecule has 0 radical (unpaired) electrons. The van der Waals surface area contributed by atoms with Gasteiger partial charge in [0.1, 0.15) is 5.92 Å². The molecule has 0 aromatic heterocycles. The molecule has 86 valence electrons. The van der Waals surface area contributed by atoms with Crippen LogP contribution in [0, 0.1) is 5.92 Å². The van der Waals surface area contributed by atoms with Crippen LogP contribution in [0.1, 0.15) is 19.3 Å². The van der Waals surface area contributed by atoms with Gasteiger partial charge in [-0.2, -0.15) is 0 Å². The molecule has 3 nitrogen and oxygen atoms in total. The Hall–Kier alpha value is -0.613. The molecule has 1 rings (SSSR count). The van der Waals surface area contributed by atoms with E-state index < -0.39 is 25.9 Å². The molecule has 0 saturated carbocycles. The van der Waals surface area contributed by atoms with Gasteiger partial charge >= 0.3 is 5.97 Å². The van der Waals surface area contributed by atoms with Crippen molar-refractivity contribution in [3.8, 4) is 0 Å². The first-order chi connectivity index (χ1) is 7.04. The van der Waals surface area contributed by atoms with Crippen molar-refractivity contribution >= 4 is 14.8 Å². The average molecular weight is 228 g/mol. The van der Waals surface area contributed by atoms with E-state index in [0.29, 0.717) is 6.61 Å². The molecule has 1 fully saturated rings. The van der Waals surface area contributed by atoms with Crippen molar-refractivity contribution in [2.24, 2.45) is 5.92 Å². The fourth-order valence-corrected chi connectivity index (χ4v) is 4.64. The van der Waals surface area contributed by atoms with Crippen LogP contribution in [0.3, 0.4) is 0 Å². The van der Waals surface area contributed by atoms with Gasteiger partial charge in [0.05, 0.1) is 14.0 Å². The van der Waals surface area contributed by atoms with Crippen molar-refractivity contribution in [3.63, 3.8) is 0 Å². The maximum Gasteiger partial charge on any atom is 0.312 e. The molecule has 0 aromatic rings. The molecule has 2 unspecified atom stereocenters. The van der Waals surface area contributed by atoms with Crippen LogP contribution < -0.4 is 0 Å². The Morgan fingerprint density at radius 2 is 2.27 bits per heavy atom. The fraction of sp³-hybridized carbons (Fsp3) is 0.727. The molecule has 0 aliphatic carbocycles. The number of ether oxygens (including phenoxy) is 1. The smallest absolute Gasteiger partial charge is 0.312 e. The van der Waals surface area contributed by atoms with Gasteiger partial charge in [-0.3, -0.25) is 4.79 Å². The first kappa shape index (κ1) is 12.5. The number of carboxylic acids is 1. The predicted molar refractivity (Wildman–Crippen MR) is 62.7 cm³/mol. The SMILES string of the molecule is C=CC(C(=O)O)C1([SiH](C)C)CCCCO1. The van der Waals surface area contributed by atoms with Crippen LogP contribution in [-0.2, 0) is 9.53 Å². The highest BCUT2D eigenvalue weighted by atomic mass is 28.3. The second kappa shape index (κ2) is 4.94. The Bertz CT molecular complexity index is 244. The molecule has 4 heteroatoms. The van der Waals surface area contributed by atoms with Gasteiger partial charge in [-0.15, -0.1) is 6.58 Å². The van der Waals surface area contributed by atoms with Gasteiger partial charge in [-0.05, 0) is 19.3 Å². The van der Waals surface area contributed by atoms with Gasteiger partial charge in [-0.25, -0.2) is 0 Å². The minimum absolute atomic E-state index is 0.411. The van der Waals surface area contributed by atoms with E-state index in [4.69, 9.17) is 4.74 Å². The summed E-state index contributed by atoms with van der Waals surface area (Å²) in [5, 5.41) is 8.80. The Morgan fingerprint density at radius 1 is 1.60 bits per heavy atom. The molecule has 0 aromatic carbocycles. The van der Waals surface area contributed by atoms with Gasteiger partial charge in [0.25, 0.3) is 0 Å². The van der Waals surface area contributed by atoms with Crippen molar-refractivity contribution < 1.29 is 14.6 Å². The van der Waals surface area contributed by atoms with Crippen molar-refractivity contribution in [2.75, 3.05) is 6.61 Å². The lowest BCUT2D eigenvalue weighted by Crippen LogP contribution is -2.55. The molecule has 2 atom stereocenters. The molecule has 15 heavy (non-hydrogen) atoms. The summed E-state index contributed by atoms with van der Waals surface area (Å²) in [5.41, 5.74) is 0. The van der Waals surface area contributed by atoms with E-state index >= 15 is 0 Å². The van der Waals surface area contributed by atoms with E-state index in [1.54, 1.807) is 6.08 Å². The van der Waals surface area contributed by atoms with Crippen LogP contribution in [-0.4, -0.2) is 31.7 Å². The van der Waals surface area contributed by atoms with Crippen LogP contribution in [0.15, 0.2) is 12.7 Å². The van der Waals surface area contributed by atoms with Crippen molar-refractivity contribution in [1.82, 2.24) is 0 Å². The third-order valence-electron chi connectivity index (χ3n) is 3.34. The van der Waals surface area contributed by atoms with Crippen molar-refractivity contribution in [3.05, 3.63) is 12.7 Å². The Morgan fingerprint density at radius 3 is 2.60 bits per heavy atom. The fourth-order valence-electron chi connectivity index (χ4n) is 2.41. The first-order valence-electron chi connectivity index (χ1n) is 5.54. The number of carboxylic acid groups (broad SMARTS) is 1. The van der Waals surface area contributed by atoms with E-state index in [-0.39, 0.29) is 0 Å². The Kier molecular flexibility index (Phi) is 4.10. The van der Waals surface area contributed by atoms with E-state index in [0.717, 1.165) is 19.3 Å². The molecule has 1 aliphatic rings. The van der Waals surface area contributed by atoms with Crippen LogP contribution >= 0.6 is 0 Å². The lowest BCUT2D eigenvalue weighted by Gasteiger charge is -2.43. The van der Waals surface area contributed by atoms with E-state index in [1.165, 1.54) is 0 Å². The molecule has 0 bridgehead atoms. The zero-order valence-corrected chi connectivity index (χ0v) is 10.7. The summed E-state index contributed by atoms with van der Waals surface area (Å²) in [7, 11) is -1.19. The number of hydrogen-bond acceptors (Lipinski definition) is 2. The molecule has 1 N–H and O–H groups in total. The number of hydrogen-bond donors (Lipinski definition) is 1.